The average Bonchev–Trinajstić information content (AvgIpc) is 3.96. The monoisotopic (exact) mass is 749 g/mol. The number of nitrogens with zero attached hydrogens (tertiary/aromatic N) is 1. The highest BCUT2D eigenvalue weighted by atomic mass is 32.1. The molecule has 0 aliphatic heterocycles. The van der Waals surface area contributed by atoms with Crippen molar-refractivity contribution in [3.63, 3.8) is 0 Å². The van der Waals surface area contributed by atoms with Gasteiger partial charge < -0.3 is 9.32 Å². The first kappa shape index (κ1) is 31.6. The molecule has 12 aromatic rings. The van der Waals surface area contributed by atoms with Gasteiger partial charge in [0.05, 0.1) is 10.4 Å². The molecule has 12 rings (SSSR count). The summed E-state index contributed by atoms with van der Waals surface area (Å²) in [5.41, 5.74) is 9.86. The third-order valence-corrected chi connectivity index (χ3v) is 13.6. The van der Waals surface area contributed by atoms with Gasteiger partial charge in [0.1, 0.15) is 11.2 Å². The largest absolute Gasteiger partial charge is 0.455 e. The third-order valence-electron chi connectivity index (χ3n) is 11.3. The summed E-state index contributed by atoms with van der Waals surface area (Å²) in [6.45, 7) is 0. The van der Waals surface area contributed by atoms with Gasteiger partial charge in [-0.2, -0.15) is 0 Å². The van der Waals surface area contributed by atoms with Crippen molar-refractivity contribution in [2.45, 2.75) is 0 Å². The van der Waals surface area contributed by atoms with Gasteiger partial charge in [-0.25, -0.2) is 0 Å². The maximum Gasteiger partial charge on any atom is 0.144 e. The number of thiophene rings is 2. The van der Waals surface area contributed by atoms with Crippen molar-refractivity contribution in [3.05, 3.63) is 188 Å². The van der Waals surface area contributed by atoms with Crippen LogP contribution >= 0.6 is 22.7 Å². The molecule has 0 spiro atoms. The lowest BCUT2D eigenvalue weighted by molar-refractivity contribution is 0.674. The predicted octanol–water partition coefficient (Wildman–Crippen LogP) is 16.3. The molecule has 262 valence electrons. The van der Waals surface area contributed by atoms with Crippen LogP contribution < -0.4 is 4.90 Å². The number of para-hydroxylation sites is 1. The maximum atomic E-state index is 6.96. The van der Waals surface area contributed by atoms with E-state index in [0.717, 1.165) is 50.1 Å². The van der Waals surface area contributed by atoms with Crippen molar-refractivity contribution < 1.29 is 4.42 Å². The second-order valence-corrected chi connectivity index (χ2v) is 16.5. The molecule has 3 heterocycles. The van der Waals surface area contributed by atoms with E-state index in [9.17, 15) is 0 Å². The van der Waals surface area contributed by atoms with E-state index >= 15 is 0 Å². The van der Waals surface area contributed by atoms with Crippen LogP contribution in [0.25, 0.3) is 95.3 Å². The lowest BCUT2D eigenvalue weighted by Crippen LogP contribution is -2.10. The number of furan rings is 1. The number of rotatable bonds is 5. The molecule has 0 saturated heterocycles. The highest BCUT2D eigenvalue weighted by molar-refractivity contribution is 7.26. The smallest absolute Gasteiger partial charge is 0.144 e. The first-order valence-electron chi connectivity index (χ1n) is 18.9. The summed E-state index contributed by atoms with van der Waals surface area (Å²) < 4.78 is 12.0. The zero-order valence-corrected chi connectivity index (χ0v) is 31.7. The predicted molar refractivity (Wildman–Crippen MR) is 243 cm³/mol. The van der Waals surface area contributed by atoms with Gasteiger partial charge in [0.15, 0.2) is 0 Å². The molecular weight excluding hydrogens is 719 g/mol. The number of anilines is 3. The van der Waals surface area contributed by atoms with E-state index in [0.29, 0.717) is 0 Å². The number of benzene rings is 9. The Morgan fingerprint density at radius 2 is 1.04 bits per heavy atom. The summed E-state index contributed by atoms with van der Waals surface area (Å²) in [6.07, 6.45) is 0. The van der Waals surface area contributed by atoms with Gasteiger partial charge in [-0.3, -0.25) is 0 Å². The Bertz CT molecular complexity index is 3490. The normalized spacial score (nSPS) is 11.9. The van der Waals surface area contributed by atoms with Crippen molar-refractivity contribution >= 4 is 113 Å². The Labute approximate surface area is 330 Å². The van der Waals surface area contributed by atoms with Crippen LogP contribution in [-0.2, 0) is 0 Å². The molecule has 0 saturated carbocycles. The molecule has 0 amide bonds. The van der Waals surface area contributed by atoms with E-state index in [2.05, 4.69) is 193 Å². The van der Waals surface area contributed by atoms with E-state index in [4.69, 9.17) is 4.42 Å². The minimum Gasteiger partial charge on any atom is -0.455 e. The Morgan fingerprint density at radius 1 is 0.375 bits per heavy atom. The second-order valence-electron chi connectivity index (χ2n) is 14.4. The van der Waals surface area contributed by atoms with E-state index in [1.165, 1.54) is 62.2 Å². The van der Waals surface area contributed by atoms with Gasteiger partial charge in [0, 0.05) is 63.4 Å². The highest BCUT2D eigenvalue weighted by Crippen LogP contribution is 2.47. The molecule has 0 N–H and O–H groups in total. The zero-order valence-electron chi connectivity index (χ0n) is 30.1. The van der Waals surface area contributed by atoms with Gasteiger partial charge in [0.25, 0.3) is 0 Å². The van der Waals surface area contributed by atoms with Crippen LogP contribution in [0.15, 0.2) is 192 Å². The lowest BCUT2D eigenvalue weighted by Gasteiger charge is -2.27. The van der Waals surface area contributed by atoms with Gasteiger partial charge in [0.2, 0.25) is 0 Å². The summed E-state index contributed by atoms with van der Waals surface area (Å²) >= 11 is 3.68. The molecule has 0 bridgehead atoms. The van der Waals surface area contributed by atoms with Gasteiger partial charge in [-0.15, -0.1) is 22.7 Å². The van der Waals surface area contributed by atoms with Crippen LogP contribution in [-0.4, -0.2) is 0 Å². The fourth-order valence-corrected chi connectivity index (χ4v) is 11.0. The summed E-state index contributed by atoms with van der Waals surface area (Å²) in [5.74, 6) is 0. The van der Waals surface area contributed by atoms with Crippen molar-refractivity contribution in [3.8, 4) is 22.3 Å². The molecule has 56 heavy (non-hydrogen) atoms. The average molecular weight is 750 g/mol. The van der Waals surface area contributed by atoms with Gasteiger partial charge in [-0.05, 0) is 82.1 Å². The van der Waals surface area contributed by atoms with Crippen LogP contribution in [0, 0.1) is 0 Å². The molecule has 0 fully saturated rings. The van der Waals surface area contributed by atoms with Gasteiger partial charge >= 0.3 is 0 Å². The standard InChI is InChI=1S/C52H31NOS2/c1-2-15-37-32(11-1)12-8-18-38(37)33-25-27-35(28-26-33)53(45-22-10-21-43-40-16-3-5-23-46(40)56-52(43)45)36-14-7-13-34(31-36)39-19-9-20-41-42-29-30-48-49(51(42)54-50(39)41)44-17-4-6-24-47(44)55-48/h1-31H. The topological polar surface area (TPSA) is 16.4 Å². The summed E-state index contributed by atoms with van der Waals surface area (Å²) in [5, 5.41) is 9.81. The van der Waals surface area contributed by atoms with E-state index in [1.807, 2.05) is 22.7 Å². The Morgan fingerprint density at radius 3 is 1.93 bits per heavy atom. The Kier molecular flexibility index (Phi) is 7.00. The molecular formula is C52H31NOS2. The minimum absolute atomic E-state index is 0.917. The van der Waals surface area contributed by atoms with Crippen molar-refractivity contribution in [2.75, 3.05) is 4.90 Å². The summed E-state index contributed by atoms with van der Waals surface area (Å²) in [7, 11) is 0. The molecule has 0 unspecified atom stereocenters. The van der Waals surface area contributed by atoms with Crippen LogP contribution in [0.5, 0.6) is 0 Å². The molecule has 9 aromatic carbocycles. The Balaban J connectivity index is 1.05. The number of hydrogen-bond donors (Lipinski definition) is 0. The van der Waals surface area contributed by atoms with Crippen molar-refractivity contribution in [2.24, 2.45) is 0 Å². The van der Waals surface area contributed by atoms with Crippen LogP contribution in [0.4, 0.5) is 17.1 Å². The van der Waals surface area contributed by atoms with E-state index in [1.54, 1.807) is 0 Å². The van der Waals surface area contributed by atoms with E-state index in [-0.39, 0.29) is 0 Å². The highest BCUT2D eigenvalue weighted by Gasteiger charge is 2.21. The molecule has 4 heteroatoms. The van der Waals surface area contributed by atoms with Crippen LogP contribution in [0.1, 0.15) is 0 Å². The Hall–Kier alpha value is -6.72. The minimum atomic E-state index is 0.917. The van der Waals surface area contributed by atoms with Crippen LogP contribution in [0.2, 0.25) is 0 Å². The second kappa shape index (κ2) is 12.4. The number of fused-ring (bicyclic) bond motifs is 11. The molecule has 2 nitrogen and oxygen atoms in total. The fourth-order valence-electron chi connectivity index (χ4n) is 8.71. The molecule has 0 aliphatic carbocycles. The quantitative estimate of drug-likeness (QED) is 0.174. The molecule has 3 aromatic heterocycles. The lowest BCUT2D eigenvalue weighted by atomic mass is 9.98. The molecule has 0 radical (unpaired) electrons. The fraction of sp³-hybridized carbons (Fsp3) is 0. The zero-order chi connectivity index (χ0) is 36.7. The van der Waals surface area contributed by atoms with Gasteiger partial charge in [-0.1, -0.05) is 133 Å². The van der Waals surface area contributed by atoms with Crippen molar-refractivity contribution in [1.29, 1.82) is 0 Å². The van der Waals surface area contributed by atoms with E-state index < -0.39 is 0 Å². The first-order valence-corrected chi connectivity index (χ1v) is 20.5. The number of hydrogen-bond acceptors (Lipinski definition) is 4. The summed E-state index contributed by atoms with van der Waals surface area (Å²) in [6, 6.07) is 68.3. The SMILES string of the molecule is c1cc(-c2cccc3c2oc2c3ccc3sc4ccccc4c32)cc(N(c2ccc(-c3cccc4ccccc34)cc2)c2cccc3c2sc2ccccc23)c1. The maximum absolute atomic E-state index is 6.96. The van der Waals surface area contributed by atoms with Crippen LogP contribution in [0.3, 0.4) is 0 Å². The summed E-state index contributed by atoms with van der Waals surface area (Å²) in [4.78, 5) is 2.42. The molecule has 0 atom stereocenters. The molecule has 0 aliphatic rings. The third kappa shape index (κ3) is 4.80. The first-order chi connectivity index (χ1) is 27.8. The van der Waals surface area contributed by atoms with Crippen molar-refractivity contribution in [1.82, 2.24) is 0 Å².